The van der Waals surface area contributed by atoms with Crippen molar-refractivity contribution in [3.05, 3.63) is 58.7 Å². The van der Waals surface area contributed by atoms with Crippen LogP contribution in [0.15, 0.2) is 36.4 Å². The smallest absolute Gasteiger partial charge is 0.273 e. The van der Waals surface area contributed by atoms with Gasteiger partial charge in [0.05, 0.1) is 11.1 Å². The molecule has 0 aliphatic carbocycles. The fourth-order valence-electron chi connectivity index (χ4n) is 6.06. The van der Waals surface area contributed by atoms with E-state index in [1.165, 1.54) is 19.3 Å². The van der Waals surface area contributed by atoms with Gasteiger partial charge in [-0.25, -0.2) is 0 Å². The molecule has 0 aliphatic heterocycles. The Bertz CT molecular complexity index is 1350. The molecule has 10 nitrogen and oxygen atoms in total. The number of carbonyl (C=O) groups is 4. The van der Waals surface area contributed by atoms with Crippen molar-refractivity contribution < 1.29 is 29.4 Å². The van der Waals surface area contributed by atoms with Crippen LogP contribution in [0.3, 0.4) is 0 Å². The standard InChI is InChI=1S/C40H62N4O6/c1-5-8-10-12-16-23-31-25-19-27-33(35(31)45)39(49)43-41-37(47)29(4)21-15-14-18-22-30(7-3)38(48)42-44-40(50)34-28-20-26-32(36(34)46)24-17-13-11-9-6-2/h19-20,25-30,45-46H,5-18,21-24H2,1-4H3,(H,41,47)(H,42,48)(H,43,49)(H,44,50). The Morgan fingerprint density at radius 3 is 1.48 bits per heavy atom. The van der Waals surface area contributed by atoms with Gasteiger partial charge in [0, 0.05) is 11.8 Å². The Morgan fingerprint density at radius 2 is 1.00 bits per heavy atom. The van der Waals surface area contributed by atoms with E-state index in [0.717, 1.165) is 75.3 Å². The molecule has 2 rings (SSSR count). The lowest BCUT2D eigenvalue weighted by Gasteiger charge is -2.17. The molecule has 0 saturated carbocycles. The zero-order valence-corrected chi connectivity index (χ0v) is 30.9. The second-order valence-electron chi connectivity index (χ2n) is 13.5. The van der Waals surface area contributed by atoms with Crippen LogP contribution in [0.25, 0.3) is 0 Å². The van der Waals surface area contributed by atoms with Crippen molar-refractivity contribution in [1.29, 1.82) is 0 Å². The number of hydrazine groups is 2. The number of hydrogen-bond donors (Lipinski definition) is 6. The van der Waals surface area contributed by atoms with Gasteiger partial charge in [-0.1, -0.05) is 123 Å². The zero-order valence-electron chi connectivity index (χ0n) is 30.9. The number of nitrogens with one attached hydrogen (secondary N) is 4. The monoisotopic (exact) mass is 694 g/mol. The molecule has 0 radical (unpaired) electrons. The highest BCUT2D eigenvalue weighted by Crippen LogP contribution is 2.26. The number of benzene rings is 2. The van der Waals surface area contributed by atoms with Crippen LogP contribution in [0.1, 0.15) is 162 Å². The fraction of sp³-hybridized carbons (Fsp3) is 0.600. The average Bonchev–Trinajstić information content (AvgIpc) is 3.11. The second-order valence-corrected chi connectivity index (χ2v) is 13.5. The van der Waals surface area contributed by atoms with Crippen LogP contribution >= 0.6 is 0 Å². The van der Waals surface area contributed by atoms with Gasteiger partial charge in [0.25, 0.3) is 11.8 Å². The topological polar surface area (TPSA) is 157 Å². The number of rotatable bonds is 23. The van der Waals surface area contributed by atoms with E-state index in [1.807, 2.05) is 19.1 Å². The molecule has 0 aliphatic rings. The molecule has 278 valence electrons. The average molecular weight is 695 g/mol. The van der Waals surface area contributed by atoms with Crippen molar-refractivity contribution in [2.75, 3.05) is 0 Å². The number of hydrogen-bond acceptors (Lipinski definition) is 6. The maximum absolute atomic E-state index is 12.8. The highest BCUT2D eigenvalue weighted by Gasteiger charge is 2.20. The highest BCUT2D eigenvalue weighted by atomic mass is 16.3. The van der Waals surface area contributed by atoms with Crippen molar-refractivity contribution in [1.82, 2.24) is 21.7 Å². The highest BCUT2D eigenvalue weighted by molar-refractivity contribution is 5.99. The molecule has 10 heteroatoms. The predicted molar refractivity (Wildman–Crippen MR) is 198 cm³/mol. The Kier molecular flexibility index (Phi) is 20.3. The number of amides is 4. The van der Waals surface area contributed by atoms with Gasteiger partial charge >= 0.3 is 0 Å². The number of aromatic hydroxyl groups is 2. The minimum Gasteiger partial charge on any atom is -0.507 e. The molecule has 0 bridgehead atoms. The molecular formula is C40H62N4O6. The summed E-state index contributed by atoms with van der Waals surface area (Å²) in [6.07, 6.45) is 16.7. The molecule has 6 N–H and O–H groups in total. The summed E-state index contributed by atoms with van der Waals surface area (Å²) in [6, 6.07) is 10.2. The van der Waals surface area contributed by atoms with E-state index in [2.05, 4.69) is 35.6 Å². The summed E-state index contributed by atoms with van der Waals surface area (Å²) in [4.78, 5) is 50.9. The van der Waals surface area contributed by atoms with Crippen LogP contribution in [0.4, 0.5) is 0 Å². The van der Waals surface area contributed by atoms with Gasteiger partial charge in [0.2, 0.25) is 11.8 Å². The number of phenolic OH excluding ortho intramolecular Hbond substituents is 2. The summed E-state index contributed by atoms with van der Waals surface area (Å²) in [5.41, 5.74) is 11.6. The Hall–Kier alpha value is -4.08. The fourth-order valence-corrected chi connectivity index (χ4v) is 6.06. The number of phenols is 2. The van der Waals surface area contributed by atoms with Crippen LogP contribution in [-0.4, -0.2) is 33.8 Å². The van der Waals surface area contributed by atoms with Crippen molar-refractivity contribution in [3.63, 3.8) is 0 Å². The van der Waals surface area contributed by atoms with Gasteiger partial charge in [0.1, 0.15) is 11.5 Å². The second kappa shape index (κ2) is 24.1. The molecule has 0 spiro atoms. The van der Waals surface area contributed by atoms with Gasteiger partial charge in [-0.05, 0) is 68.2 Å². The maximum atomic E-state index is 12.8. The molecule has 2 unspecified atom stereocenters. The third kappa shape index (κ3) is 14.8. The first-order chi connectivity index (χ1) is 24.1. The van der Waals surface area contributed by atoms with E-state index >= 15 is 0 Å². The summed E-state index contributed by atoms with van der Waals surface area (Å²) < 4.78 is 0. The molecule has 2 atom stereocenters. The minimum absolute atomic E-state index is 0.0417. The number of para-hydroxylation sites is 2. The quantitative estimate of drug-likeness (QED) is 0.0512. The SMILES string of the molecule is CCCCCCCc1cccc(C(=O)NNC(=O)C(C)CCCCCC(CC)C(=O)NNC(=O)c2cccc(CCCCCCC)c2O)c1O. The van der Waals surface area contributed by atoms with E-state index in [4.69, 9.17) is 0 Å². The molecule has 2 aromatic rings. The van der Waals surface area contributed by atoms with Crippen molar-refractivity contribution >= 4 is 23.6 Å². The first-order valence-corrected chi connectivity index (χ1v) is 19.0. The first-order valence-electron chi connectivity index (χ1n) is 19.0. The number of aryl methyl sites for hydroxylation is 2. The van der Waals surface area contributed by atoms with Crippen LogP contribution in [0.2, 0.25) is 0 Å². The van der Waals surface area contributed by atoms with E-state index in [1.54, 1.807) is 31.2 Å². The molecule has 0 aromatic heterocycles. The van der Waals surface area contributed by atoms with Crippen LogP contribution in [-0.2, 0) is 22.4 Å². The van der Waals surface area contributed by atoms with Gasteiger partial charge in [0.15, 0.2) is 0 Å². The van der Waals surface area contributed by atoms with E-state index in [-0.39, 0.29) is 46.3 Å². The zero-order chi connectivity index (χ0) is 36.7. The van der Waals surface area contributed by atoms with Crippen LogP contribution in [0, 0.1) is 11.8 Å². The third-order valence-electron chi connectivity index (χ3n) is 9.43. The normalized spacial score (nSPS) is 12.2. The molecular weight excluding hydrogens is 632 g/mol. The summed E-state index contributed by atoms with van der Waals surface area (Å²) in [5.74, 6) is -2.42. The predicted octanol–water partition coefficient (Wildman–Crippen LogP) is 7.96. The maximum Gasteiger partial charge on any atom is 0.273 e. The molecule has 0 fully saturated rings. The Labute approximate surface area is 299 Å². The van der Waals surface area contributed by atoms with Gasteiger partial charge in [-0.3, -0.25) is 40.9 Å². The summed E-state index contributed by atoms with van der Waals surface area (Å²) in [7, 11) is 0. The van der Waals surface area contributed by atoms with Crippen LogP contribution in [0.5, 0.6) is 11.5 Å². The Morgan fingerprint density at radius 1 is 0.560 bits per heavy atom. The minimum atomic E-state index is -0.561. The third-order valence-corrected chi connectivity index (χ3v) is 9.43. The van der Waals surface area contributed by atoms with Crippen molar-refractivity contribution in [3.8, 4) is 11.5 Å². The molecule has 0 saturated heterocycles. The summed E-state index contributed by atoms with van der Waals surface area (Å²) in [6.45, 7) is 8.05. The number of carbonyl (C=O) groups excluding carboxylic acids is 4. The summed E-state index contributed by atoms with van der Waals surface area (Å²) >= 11 is 0. The van der Waals surface area contributed by atoms with E-state index < -0.39 is 11.8 Å². The van der Waals surface area contributed by atoms with E-state index in [9.17, 15) is 29.4 Å². The summed E-state index contributed by atoms with van der Waals surface area (Å²) in [5, 5.41) is 21.3. The van der Waals surface area contributed by atoms with Gasteiger partial charge in [-0.15, -0.1) is 0 Å². The van der Waals surface area contributed by atoms with Gasteiger partial charge < -0.3 is 10.2 Å². The van der Waals surface area contributed by atoms with Crippen LogP contribution < -0.4 is 21.7 Å². The Balaban J connectivity index is 1.70. The van der Waals surface area contributed by atoms with E-state index in [0.29, 0.717) is 32.1 Å². The number of unbranched alkanes of at least 4 members (excludes halogenated alkanes) is 10. The lowest BCUT2D eigenvalue weighted by atomic mass is 9.96. The first kappa shape index (κ1) is 42.1. The molecule has 50 heavy (non-hydrogen) atoms. The lowest BCUT2D eigenvalue weighted by Crippen LogP contribution is -2.44. The lowest BCUT2D eigenvalue weighted by molar-refractivity contribution is -0.126. The largest absolute Gasteiger partial charge is 0.507 e. The molecule has 2 aromatic carbocycles. The molecule has 0 heterocycles. The van der Waals surface area contributed by atoms with Gasteiger partial charge in [-0.2, -0.15) is 0 Å². The van der Waals surface area contributed by atoms with Crippen molar-refractivity contribution in [2.24, 2.45) is 11.8 Å². The van der Waals surface area contributed by atoms with Crippen molar-refractivity contribution in [2.45, 2.75) is 143 Å². The molecule has 4 amide bonds.